The third-order valence-electron chi connectivity index (χ3n) is 3.01. The predicted molar refractivity (Wildman–Crippen MR) is 79.0 cm³/mol. The molecule has 0 aliphatic carbocycles. The Morgan fingerprint density at radius 3 is 2.65 bits per heavy atom. The zero-order valence-electron chi connectivity index (χ0n) is 12.0. The van der Waals surface area contributed by atoms with Crippen LogP contribution >= 0.6 is 0 Å². The van der Waals surface area contributed by atoms with Crippen molar-refractivity contribution in [2.24, 2.45) is 0 Å². The van der Waals surface area contributed by atoms with Crippen LogP contribution in [0.1, 0.15) is 0 Å². The average Bonchev–Trinajstić information content (AvgIpc) is 2.46. The van der Waals surface area contributed by atoms with Gasteiger partial charge in [-0.15, -0.1) is 0 Å². The van der Waals surface area contributed by atoms with Crippen LogP contribution in [0.4, 0.5) is 0 Å². The van der Waals surface area contributed by atoms with Crippen LogP contribution in [-0.4, -0.2) is 42.4 Å². The van der Waals surface area contributed by atoms with E-state index in [9.17, 15) is 4.79 Å². The van der Waals surface area contributed by atoms with Crippen molar-refractivity contribution < 1.29 is 4.74 Å². The minimum atomic E-state index is -0.0921. The number of nitrogens with zero attached hydrogens (tertiary/aromatic N) is 3. The molecule has 0 saturated heterocycles. The quantitative estimate of drug-likeness (QED) is 0.828. The van der Waals surface area contributed by atoms with Gasteiger partial charge in [0.15, 0.2) is 0 Å². The Kier molecular flexibility index (Phi) is 4.53. The number of hydrogen-bond donors (Lipinski definition) is 0. The molecule has 0 saturated carbocycles. The van der Waals surface area contributed by atoms with Crippen LogP contribution in [0.15, 0.2) is 41.2 Å². The lowest BCUT2D eigenvalue weighted by Gasteiger charge is -2.12. The summed E-state index contributed by atoms with van der Waals surface area (Å²) in [5.74, 6) is 0.748. The summed E-state index contributed by atoms with van der Waals surface area (Å²) in [6.07, 6.45) is 0. The monoisotopic (exact) mass is 273 g/mol. The summed E-state index contributed by atoms with van der Waals surface area (Å²) in [5.41, 5.74) is 1.53. The summed E-state index contributed by atoms with van der Waals surface area (Å²) in [4.78, 5) is 13.8. The molecule has 0 unspecified atom stereocenters. The van der Waals surface area contributed by atoms with Crippen molar-refractivity contribution in [3.05, 3.63) is 46.8 Å². The van der Waals surface area contributed by atoms with E-state index in [0.717, 1.165) is 23.6 Å². The molecule has 2 rings (SSSR count). The van der Waals surface area contributed by atoms with Gasteiger partial charge >= 0.3 is 0 Å². The van der Waals surface area contributed by atoms with Crippen molar-refractivity contribution in [2.75, 3.05) is 27.7 Å². The Balaban J connectivity index is 2.38. The van der Waals surface area contributed by atoms with E-state index in [4.69, 9.17) is 4.74 Å². The first-order valence-corrected chi connectivity index (χ1v) is 6.48. The number of methoxy groups -OCH3 is 1. The second-order valence-corrected chi connectivity index (χ2v) is 4.78. The second kappa shape index (κ2) is 6.34. The van der Waals surface area contributed by atoms with Gasteiger partial charge in [-0.25, -0.2) is 4.68 Å². The molecule has 0 bridgehead atoms. The molecule has 0 amide bonds. The Morgan fingerprint density at radius 1 is 1.20 bits per heavy atom. The molecule has 1 heterocycles. The smallest absolute Gasteiger partial charge is 0.266 e. The first kappa shape index (κ1) is 14.3. The number of rotatable bonds is 5. The summed E-state index contributed by atoms with van der Waals surface area (Å²) in [5, 5.41) is 4.42. The Labute approximate surface area is 118 Å². The minimum absolute atomic E-state index is 0.0921. The van der Waals surface area contributed by atoms with Crippen LogP contribution in [0.2, 0.25) is 0 Å². The summed E-state index contributed by atoms with van der Waals surface area (Å²) >= 11 is 0. The van der Waals surface area contributed by atoms with Gasteiger partial charge in [0, 0.05) is 18.2 Å². The molecular weight excluding hydrogens is 254 g/mol. The summed E-state index contributed by atoms with van der Waals surface area (Å²) in [6.45, 7) is 1.33. The molecule has 0 radical (unpaired) electrons. The second-order valence-electron chi connectivity index (χ2n) is 4.78. The fraction of sp³-hybridized carbons (Fsp3) is 0.333. The van der Waals surface area contributed by atoms with Gasteiger partial charge in [0.1, 0.15) is 5.75 Å². The molecule has 0 N–H and O–H groups in total. The third kappa shape index (κ3) is 3.24. The summed E-state index contributed by atoms with van der Waals surface area (Å²) in [7, 11) is 5.56. The van der Waals surface area contributed by atoms with E-state index in [0.29, 0.717) is 6.54 Å². The number of benzene rings is 1. The van der Waals surface area contributed by atoms with Crippen molar-refractivity contribution in [1.82, 2.24) is 14.7 Å². The molecule has 1 aromatic heterocycles. The highest BCUT2D eigenvalue weighted by Gasteiger charge is 2.08. The normalized spacial score (nSPS) is 10.8. The van der Waals surface area contributed by atoms with Gasteiger partial charge in [-0.3, -0.25) is 4.79 Å². The van der Waals surface area contributed by atoms with Crippen molar-refractivity contribution in [1.29, 1.82) is 0 Å². The first-order chi connectivity index (χ1) is 9.61. The maximum Gasteiger partial charge on any atom is 0.266 e. The van der Waals surface area contributed by atoms with Gasteiger partial charge in [-0.05, 0) is 32.3 Å². The lowest BCUT2D eigenvalue weighted by atomic mass is 10.1. The van der Waals surface area contributed by atoms with E-state index in [1.807, 2.05) is 43.3 Å². The maximum absolute atomic E-state index is 11.8. The molecule has 5 nitrogen and oxygen atoms in total. The van der Waals surface area contributed by atoms with E-state index in [-0.39, 0.29) is 5.56 Å². The molecule has 0 fully saturated rings. The topological polar surface area (TPSA) is 47.4 Å². The maximum atomic E-state index is 11.8. The van der Waals surface area contributed by atoms with Gasteiger partial charge in [0.25, 0.3) is 5.56 Å². The first-order valence-electron chi connectivity index (χ1n) is 6.48. The van der Waals surface area contributed by atoms with Gasteiger partial charge in [-0.1, -0.05) is 12.1 Å². The van der Waals surface area contributed by atoms with Crippen molar-refractivity contribution in [2.45, 2.75) is 6.54 Å². The SMILES string of the molecule is COc1ccccc1-c1ccc(=O)n(CCN(C)C)n1. The van der Waals surface area contributed by atoms with Crippen molar-refractivity contribution in [3.8, 4) is 17.0 Å². The molecule has 0 aliphatic rings. The third-order valence-corrected chi connectivity index (χ3v) is 3.01. The van der Waals surface area contributed by atoms with Crippen LogP contribution < -0.4 is 10.3 Å². The molecular formula is C15H19N3O2. The molecule has 106 valence electrons. The van der Waals surface area contributed by atoms with E-state index in [1.165, 1.54) is 4.68 Å². The lowest BCUT2D eigenvalue weighted by Crippen LogP contribution is -2.28. The van der Waals surface area contributed by atoms with E-state index < -0.39 is 0 Å². The predicted octanol–water partition coefficient (Wildman–Crippen LogP) is 1.48. The van der Waals surface area contributed by atoms with Gasteiger partial charge in [-0.2, -0.15) is 5.10 Å². The van der Waals surface area contributed by atoms with Crippen LogP contribution in [-0.2, 0) is 6.54 Å². The fourth-order valence-corrected chi connectivity index (χ4v) is 1.90. The minimum Gasteiger partial charge on any atom is -0.496 e. The Hall–Kier alpha value is -2.14. The molecule has 0 atom stereocenters. The summed E-state index contributed by atoms with van der Waals surface area (Å²) in [6, 6.07) is 10.9. The molecule has 0 spiro atoms. The zero-order valence-corrected chi connectivity index (χ0v) is 12.0. The standard InChI is InChI=1S/C15H19N3O2/c1-17(2)10-11-18-15(19)9-8-13(16-18)12-6-4-5-7-14(12)20-3/h4-9H,10-11H2,1-3H3. The number of likely N-dealkylation sites (N-methyl/N-ethyl adjacent to an activating group) is 1. The largest absolute Gasteiger partial charge is 0.496 e. The molecule has 2 aromatic rings. The highest BCUT2D eigenvalue weighted by Crippen LogP contribution is 2.26. The van der Waals surface area contributed by atoms with Crippen LogP contribution in [0, 0.1) is 0 Å². The van der Waals surface area contributed by atoms with E-state index >= 15 is 0 Å². The molecule has 1 aromatic carbocycles. The molecule has 5 heteroatoms. The van der Waals surface area contributed by atoms with Crippen LogP contribution in [0.5, 0.6) is 5.75 Å². The van der Waals surface area contributed by atoms with Gasteiger partial charge < -0.3 is 9.64 Å². The van der Waals surface area contributed by atoms with E-state index in [1.54, 1.807) is 19.2 Å². The number of para-hydroxylation sites is 1. The number of aromatic nitrogens is 2. The zero-order chi connectivity index (χ0) is 14.5. The highest BCUT2D eigenvalue weighted by molar-refractivity contribution is 5.66. The van der Waals surface area contributed by atoms with Gasteiger partial charge in [0.05, 0.1) is 19.3 Å². The van der Waals surface area contributed by atoms with Gasteiger partial charge in [0.2, 0.25) is 0 Å². The van der Waals surface area contributed by atoms with Crippen LogP contribution in [0.3, 0.4) is 0 Å². The molecule has 20 heavy (non-hydrogen) atoms. The van der Waals surface area contributed by atoms with Crippen molar-refractivity contribution >= 4 is 0 Å². The highest BCUT2D eigenvalue weighted by atomic mass is 16.5. The fourth-order valence-electron chi connectivity index (χ4n) is 1.90. The van der Waals surface area contributed by atoms with Crippen molar-refractivity contribution in [3.63, 3.8) is 0 Å². The summed E-state index contributed by atoms with van der Waals surface area (Å²) < 4.78 is 6.82. The Bertz CT molecular complexity index is 635. The number of ether oxygens (including phenoxy) is 1. The Morgan fingerprint density at radius 2 is 1.95 bits per heavy atom. The average molecular weight is 273 g/mol. The molecule has 0 aliphatic heterocycles. The van der Waals surface area contributed by atoms with E-state index in [2.05, 4.69) is 5.10 Å². The number of hydrogen-bond acceptors (Lipinski definition) is 4. The van der Waals surface area contributed by atoms with Crippen LogP contribution in [0.25, 0.3) is 11.3 Å². The lowest BCUT2D eigenvalue weighted by molar-refractivity contribution is 0.368.